The van der Waals surface area contributed by atoms with E-state index < -0.39 is 0 Å². The first-order valence-electron chi connectivity index (χ1n) is 8.76. The summed E-state index contributed by atoms with van der Waals surface area (Å²) in [6.45, 7) is 0. The van der Waals surface area contributed by atoms with Crippen LogP contribution in [0.1, 0.15) is 49.3 Å². The number of hydrazone groups is 1. The van der Waals surface area contributed by atoms with Crippen LogP contribution in [-0.4, -0.2) is 16.4 Å². The van der Waals surface area contributed by atoms with Crippen LogP contribution in [0, 0.1) is 5.82 Å². The number of benzene rings is 2. The molecule has 2 heterocycles. The van der Waals surface area contributed by atoms with E-state index in [0.29, 0.717) is 5.02 Å². The van der Waals surface area contributed by atoms with Crippen molar-refractivity contribution in [3.05, 3.63) is 64.4 Å². The van der Waals surface area contributed by atoms with Gasteiger partial charge in [0.25, 0.3) is 0 Å². The molecule has 1 fully saturated rings. The molecular weight excluding hydrogens is 339 g/mol. The van der Waals surface area contributed by atoms with Crippen molar-refractivity contribution >= 4 is 17.3 Å². The minimum Gasteiger partial charge on any atom is -0.466 e. The Morgan fingerprint density at radius 1 is 1.12 bits per heavy atom. The highest BCUT2D eigenvalue weighted by atomic mass is 35.5. The first kappa shape index (κ1) is 15.2. The summed E-state index contributed by atoms with van der Waals surface area (Å²) >= 11 is 6.24. The molecule has 1 saturated carbocycles. The van der Waals surface area contributed by atoms with Gasteiger partial charge in [0.05, 0.1) is 11.8 Å². The molecule has 25 heavy (non-hydrogen) atoms. The highest BCUT2D eigenvalue weighted by molar-refractivity contribution is 6.30. The molecule has 0 radical (unpaired) electrons. The lowest BCUT2D eigenvalue weighted by Gasteiger charge is -2.45. The average molecular weight is 357 g/mol. The molecule has 0 aromatic heterocycles. The third kappa shape index (κ3) is 2.35. The van der Waals surface area contributed by atoms with E-state index in [9.17, 15) is 4.39 Å². The van der Waals surface area contributed by atoms with E-state index in [0.717, 1.165) is 54.7 Å². The van der Waals surface area contributed by atoms with Crippen LogP contribution in [0.15, 0.2) is 47.6 Å². The van der Waals surface area contributed by atoms with Crippen molar-refractivity contribution in [1.29, 1.82) is 0 Å². The van der Waals surface area contributed by atoms with Gasteiger partial charge in [0.2, 0.25) is 0 Å². The first-order valence-corrected chi connectivity index (χ1v) is 9.14. The van der Waals surface area contributed by atoms with E-state index in [4.69, 9.17) is 21.4 Å². The van der Waals surface area contributed by atoms with Gasteiger partial charge in [-0.1, -0.05) is 23.7 Å². The van der Waals surface area contributed by atoms with Gasteiger partial charge in [0, 0.05) is 29.8 Å². The molecule has 0 saturated heterocycles. The molecule has 0 bridgehead atoms. The Kier molecular flexibility index (Phi) is 3.32. The largest absolute Gasteiger partial charge is 0.466 e. The summed E-state index contributed by atoms with van der Waals surface area (Å²) in [5.74, 6) is 0.691. The molecule has 2 aromatic rings. The first-order chi connectivity index (χ1) is 12.1. The number of nitrogens with zero attached hydrogens (tertiary/aromatic N) is 2. The van der Waals surface area contributed by atoms with Crippen molar-refractivity contribution in [2.24, 2.45) is 5.10 Å². The van der Waals surface area contributed by atoms with Gasteiger partial charge in [-0.25, -0.2) is 9.40 Å². The van der Waals surface area contributed by atoms with Gasteiger partial charge in [-0.15, -0.1) is 0 Å². The van der Waals surface area contributed by atoms with E-state index in [2.05, 4.69) is 5.01 Å². The minimum atomic E-state index is -0.354. The number of rotatable bonds is 1. The molecule has 1 spiro atoms. The van der Waals surface area contributed by atoms with E-state index >= 15 is 0 Å². The monoisotopic (exact) mass is 356 g/mol. The van der Waals surface area contributed by atoms with Crippen LogP contribution >= 0.6 is 11.6 Å². The summed E-state index contributed by atoms with van der Waals surface area (Å²) in [5, 5.41) is 7.79. The fraction of sp³-hybridized carbons (Fsp3) is 0.350. The van der Waals surface area contributed by atoms with Crippen molar-refractivity contribution in [2.75, 3.05) is 0 Å². The van der Waals surface area contributed by atoms with Gasteiger partial charge >= 0.3 is 0 Å². The Labute approximate surface area is 151 Å². The molecule has 1 unspecified atom stereocenters. The predicted octanol–water partition coefficient (Wildman–Crippen LogP) is 5.29. The second kappa shape index (κ2) is 5.46. The number of hydrogen-bond acceptors (Lipinski definition) is 3. The molecule has 0 N–H and O–H groups in total. The molecule has 2 aliphatic heterocycles. The number of halogens is 2. The van der Waals surface area contributed by atoms with E-state index in [1.165, 1.54) is 12.1 Å². The normalized spacial score (nSPS) is 23.2. The maximum atomic E-state index is 13.3. The van der Waals surface area contributed by atoms with Crippen molar-refractivity contribution < 1.29 is 9.13 Å². The summed E-state index contributed by atoms with van der Waals surface area (Å²) in [7, 11) is 0. The Balaban J connectivity index is 1.60. The number of ether oxygens (including phenoxy) is 1. The van der Waals surface area contributed by atoms with E-state index in [1.54, 1.807) is 12.1 Å². The summed E-state index contributed by atoms with van der Waals surface area (Å²) in [6.07, 6.45) is 5.03. The molecule has 2 aromatic carbocycles. The lowest BCUT2D eigenvalue weighted by atomic mass is 9.94. The number of hydrogen-bond donors (Lipinski definition) is 0. The van der Waals surface area contributed by atoms with Crippen LogP contribution in [0.4, 0.5) is 4.39 Å². The van der Waals surface area contributed by atoms with Crippen molar-refractivity contribution in [2.45, 2.75) is 43.9 Å². The predicted molar refractivity (Wildman–Crippen MR) is 95.4 cm³/mol. The van der Waals surface area contributed by atoms with Gasteiger partial charge < -0.3 is 4.74 Å². The quantitative estimate of drug-likeness (QED) is 0.693. The Morgan fingerprint density at radius 3 is 2.64 bits per heavy atom. The zero-order valence-electron chi connectivity index (χ0n) is 13.7. The van der Waals surface area contributed by atoms with Crippen LogP contribution in [0.2, 0.25) is 5.02 Å². The molecule has 1 aliphatic carbocycles. The molecule has 3 nitrogen and oxygen atoms in total. The van der Waals surface area contributed by atoms with Gasteiger partial charge in [0.1, 0.15) is 11.6 Å². The zero-order chi connectivity index (χ0) is 17.0. The van der Waals surface area contributed by atoms with Gasteiger partial charge in [-0.05, 0) is 48.7 Å². The average Bonchev–Trinajstić information content (AvgIpc) is 3.25. The van der Waals surface area contributed by atoms with Gasteiger partial charge in [-0.3, -0.25) is 0 Å². The van der Waals surface area contributed by atoms with E-state index in [1.807, 2.05) is 18.2 Å². The van der Waals surface area contributed by atoms with Gasteiger partial charge in [0.15, 0.2) is 5.72 Å². The lowest BCUT2D eigenvalue weighted by Crippen LogP contribution is -2.51. The lowest BCUT2D eigenvalue weighted by molar-refractivity contribution is -0.114. The zero-order valence-corrected chi connectivity index (χ0v) is 14.5. The van der Waals surface area contributed by atoms with Crippen molar-refractivity contribution in [1.82, 2.24) is 5.01 Å². The third-order valence-electron chi connectivity index (χ3n) is 5.52. The Bertz CT molecular complexity index is 858. The van der Waals surface area contributed by atoms with Crippen molar-refractivity contribution in [3.8, 4) is 5.75 Å². The Hall–Kier alpha value is -2.07. The molecule has 5 heteroatoms. The molecule has 128 valence electrons. The molecule has 0 amide bonds. The molecule has 5 rings (SSSR count). The third-order valence-corrected chi connectivity index (χ3v) is 5.76. The topological polar surface area (TPSA) is 24.8 Å². The maximum absolute atomic E-state index is 13.3. The standard InChI is InChI=1S/C20H18ClFN2O/c21-14-5-8-19-16(11-14)18-12-17(13-3-6-15(22)7-4-13)23-24(18)20(25-19)9-1-2-10-20/h3-8,11,18H,1-2,9-10,12H2. The summed E-state index contributed by atoms with van der Waals surface area (Å²) in [5.41, 5.74) is 2.68. The highest BCUT2D eigenvalue weighted by Crippen LogP contribution is 2.52. The minimum absolute atomic E-state index is 0.126. The van der Waals surface area contributed by atoms with Crippen LogP contribution in [0.25, 0.3) is 0 Å². The fourth-order valence-electron chi connectivity index (χ4n) is 4.33. The molecule has 1 atom stereocenters. The van der Waals surface area contributed by atoms with E-state index in [-0.39, 0.29) is 17.6 Å². The second-order valence-corrected chi connectivity index (χ2v) is 7.49. The van der Waals surface area contributed by atoms with Crippen LogP contribution in [-0.2, 0) is 0 Å². The highest BCUT2D eigenvalue weighted by Gasteiger charge is 2.51. The summed E-state index contributed by atoms with van der Waals surface area (Å²) < 4.78 is 19.7. The molecule has 3 aliphatic rings. The summed E-state index contributed by atoms with van der Waals surface area (Å²) in [6, 6.07) is 12.5. The van der Waals surface area contributed by atoms with Gasteiger partial charge in [-0.2, -0.15) is 5.10 Å². The Morgan fingerprint density at radius 2 is 1.88 bits per heavy atom. The second-order valence-electron chi connectivity index (χ2n) is 7.06. The van der Waals surface area contributed by atoms with Crippen molar-refractivity contribution in [3.63, 3.8) is 0 Å². The molecular formula is C20H18ClFN2O. The smallest absolute Gasteiger partial charge is 0.198 e. The SMILES string of the molecule is Fc1ccc(C2=NN3C(C2)c2cc(Cl)ccc2OC32CCCC2)cc1. The van der Waals surface area contributed by atoms with Crippen LogP contribution in [0.5, 0.6) is 5.75 Å². The maximum Gasteiger partial charge on any atom is 0.198 e. The van der Waals surface area contributed by atoms with Crippen LogP contribution < -0.4 is 4.74 Å². The fourth-order valence-corrected chi connectivity index (χ4v) is 4.51. The van der Waals surface area contributed by atoms with Crippen LogP contribution in [0.3, 0.4) is 0 Å². The number of fused-ring (bicyclic) bond motifs is 4. The summed E-state index contributed by atoms with van der Waals surface area (Å²) in [4.78, 5) is 0.